The number of benzene rings is 1. The monoisotopic (exact) mass is 272 g/mol. The van der Waals surface area contributed by atoms with E-state index in [0.717, 1.165) is 22.7 Å². The first-order valence-electron chi connectivity index (χ1n) is 6.70. The minimum Gasteiger partial charge on any atom is -0.466 e. The molecule has 0 spiro atoms. The molecule has 0 saturated heterocycles. The van der Waals surface area contributed by atoms with E-state index in [2.05, 4.69) is 4.98 Å². The quantitative estimate of drug-likeness (QED) is 0.621. The Morgan fingerprint density at radius 2 is 1.90 bits per heavy atom. The fourth-order valence-corrected chi connectivity index (χ4v) is 1.88. The van der Waals surface area contributed by atoms with Crippen molar-refractivity contribution >= 4 is 0 Å². The Labute approximate surface area is 119 Å². The summed E-state index contributed by atoms with van der Waals surface area (Å²) >= 11 is 0. The number of ether oxygens (including phenoxy) is 2. The van der Waals surface area contributed by atoms with Gasteiger partial charge in [0.1, 0.15) is 5.75 Å². The van der Waals surface area contributed by atoms with E-state index in [1.807, 2.05) is 49.4 Å². The summed E-state index contributed by atoms with van der Waals surface area (Å²) < 4.78 is 11.1. The van der Waals surface area contributed by atoms with Crippen molar-refractivity contribution in [1.29, 1.82) is 0 Å². The molecule has 0 saturated carbocycles. The predicted octanol–water partition coefficient (Wildman–Crippen LogP) is 2.44. The molecule has 106 valence electrons. The number of nitrogens with zero attached hydrogens (tertiary/aromatic N) is 1. The van der Waals surface area contributed by atoms with Gasteiger partial charge in [-0.05, 0) is 31.2 Å². The Balaban J connectivity index is 1.84. The number of nitrogens with two attached hydrogens (primary N) is 1. The third kappa shape index (κ3) is 4.33. The van der Waals surface area contributed by atoms with E-state index in [-0.39, 0.29) is 6.79 Å². The van der Waals surface area contributed by atoms with Crippen LogP contribution in [0.2, 0.25) is 0 Å². The second kappa shape index (κ2) is 7.62. The van der Waals surface area contributed by atoms with E-state index in [4.69, 9.17) is 15.2 Å². The zero-order valence-corrected chi connectivity index (χ0v) is 11.7. The highest BCUT2D eigenvalue weighted by atomic mass is 16.7. The van der Waals surface area contributed by atoms with E-state index in [1.54, 1.807) is 0 Å². The molecule has 0 amide bonds. The summed E-state index contributed by atoms with van der Waals surface area (Å²) in [5.41, 5.74) is 8.56. The van der Waals surface area contributed by atoms with Gasteiger partial charge in [0.2, 0.25) is 0 Å². The SMILES string of the molecule is Cc1ccc(OCOCc2ccccc2)c(CCN)n1. The van der Waals surface area contributed by atoms with Crippen molar-refractivity contribution in [3.8, 4) is 5.75 Å². The lowest BCUT2D eigenvalue weighted by atomic mass is 10.2. The van der Waals surface area contributed by atoms with Gasteiger partial charge in [0.25, 0.3) is 0 Å². The molecule has 2 aromatic rings. The molecule has 1 aromatic heterocycles. The minimum absolute atomic E-state index is 0.206. The highest BCUT2D eigenvalue weighted by Gasteiger charge is 2.05. The van der Waals surface area contributed by atoms with Gasteiger partial charge in [0.15, 0.2) is 6.79 Å². The predicted molar refractivity (Wildman–Crippen MR) is 78.5 cm³/mol. The lowest BCUT2D eigenvalue weighted by molar-refractivity contribution is 0.00429. The Morgan fingerprint density at radius 3 is 2.65 bits per heavy atom. The number of pyridine rings is 1. The van der Waals surface area contributed by atoms with Gasteiger partial charge in [-0.1, -0.05) is 30.3 Å². The van der Waals surface area contributed by atoms with Crippen LogP contribution in [0.3, 0.4) is 0 Å². The molecule has 2 rings (SSSR count). The van der Waals surface area contributed by atoms with Crippen LogP contribution in [0, 0.1) is 6.92 Å². The lowest BCUT2D eigenvalue weighted by Gasteiger charge is -2.11. The number of hydrogen-bond donors (Lipinski definition) is 1. The lowest BCUT2D eigenvalue weighted by Crippen LogP contribution is -2.09. The summed E-state index contributed by atoms with van der Waals surface area (Å²) in [6, 6.07) is 13.8. The van der Waals surface area contributed by atoms with E-state index in [9.17, 15) is 0 Å². The highest BCUT2D eigenvalue weighted by Crippen LogP contribution is 2.17. The molecule has 1 heterocycles. The van der Waals surface area contributed by atoms with Gasteiger partial charge >= 0.3 is 0 Å². The third-order valence-corrected chi connectivity index (χ3v) is 2.86. The van der Waals surface area contributed by atoms with Crippen molar-refractivity contribution in [3.05, 3.63) is 59.4 Å². The van der Waals surface area contributed by atoms with Gasteiger partial charge in [-0.25, -0.2) is 0 Å². The van der Waals surface area contributed by atoms with Gasteiger partial charge in [-0.3, -0.25) is 4.98 Å². The van der Waals surface area contributed by atoms with Gasteiger partial charge < -0.3 is 15.2 Å². The number of aromatic nitrogens is 1. The highest BCUT2D eigenvalue weighted by molar-refractivity contribution is 5.29. The molecule has 0 unspecified atom stereocenters. The van der Waals surface area contributed by atoms with Gasteiger partial charge in [-0.15, -0.1) is 0 Å². The summed E-state index contributed by atoms with van der Waals surface area (Å²) in [4.78, 5) is 4.44. The molecule has 0 atom stereocenters. The van der Waals surface area contributed by atoms with Crippen molar-refractivity contribution in [2.45, 2.75) is 20.0 Å². The summed E-state index contributed by atoms with van der Waals surface area (Å²) in [7, 11) is 0. The largest absolute Gasteiger partial charge is 0.466 e. The molecule has 0 aliphatic carbocycles. The molecular formula is C16H20N2O2. The van der Waals surface area contributed by atoms with Crippen molar-refractivity contribution < 1.29 is 9.47 Å². The molecule has 0 aliphatic rings. The maximum atomic E-state index is 5.63. The minimum atomic E-state index is 0.206. The van der Waals surface area contributed by atoms with Crippen molar-refractivity contribution in [2.75, 3.05) is 13.3 Å². The fourth-order valence-electron chi connectivity index (χ4n) is 1.88. The molecule has 0 fully saturated rings. The number of rotatable bonds is 7. The maximum Gasteiger partial charge on any atom is 0.189 e. The molecule has 4 nitrogen and oxygen atoms in total. The summed E-state index contributed by atoms with van der Waals surface area (Å²) in [5, 5.41) is 0. The first-order chi connectivity index (χ1) is 9.79. The Morgan fingerprint density at radius 1 is 1.10 bits per heavy atom. The Kier molecular flexibility index (Phi) is 5.53. The average Bonchev–Trinajstić information content (AvgIpc) is 2.47. The first kappa shape index (κ1) is 14.5. The molecule has 0 radical (unpaired) electrons. The normalized spacial score (nSPS) is 10.5. The fraction of sp³-hybridized carbons (Fsp3) is 0.312. The van der Waals surface area contributed by atoms with Crippen LogP contribution in [-0.4, -0.2) is 18.3 Å². The van der Waals surface area contributed by atoms with E-state index in [0.29, 0.717) is 19.6 Å². The van der Waals surface area contributed by atoms with Crippen LogP contribution in [0.25, 0.3) is 0 Å². The average molecular weight is 272 g/mol. The van der Waals surface area contributed by atoms with Crippen LogP contribution in [0.4, 0.5) is 0 Å². The van der Waals surface area contributed by atoms with Crippen molar-refractivity contribution in [3.63, 3.8) is 0 Å². The van der Waals surface area contributed by atoms with Crippen molar-refractivity contribution in [2.24, 2.45) is 5.73 Å². The molecule has 20 heavy (non-hydrogen) atoms. The standard InChI is InChI=1S/C16H20N2O2/c1-13-7-8-16(15(18-13)9-10-17)20-12-19-11-14-5-3-2-4-6-14/h2-8H,9-12,17H2,1H3. The summed E-state index contributed by atoms with van der Waals surface area (Å²) in [5.74, 6) is 0.745. The molecule has 4 heteroatoms. The molecule has 0 bridgehead atoms. The number of hydrogen-bond acceptors (Lipinski definition) is 4. The zero-order chi connectivity index (χ0) is 14.2. The van der Waals surface area contributed by atoms with Crippen LogP contribution < -0.4 is 10.5 Å². The smallest absolute Gasteiger partial charge is 0.189 e. The zero-order valence-electron chi connectivity index (χ0n) is 11.7. The van der Waals surface area contributed by atoms with Gasteiger partial charge in [0, 0.05) is 12.1 Å². The van der Waals surface area contributed by atoms with E-state index >= 15 is 0 Å². The van der Waals surface area contributed by atoms with Crippen LogP contribution in [0.15, 0.2) is 42.5 Å². The van der Waals surface area contributed by atoms with Gasteiger partial charge in [0.05, 0.1) is 12.3 Å². The number of aryl methyl sites for hydroxylation is 1. The molecule has 0 aliphatic heterocycles. The van der Waals surface area contributed by atoms with Gasteiger partial charge in [-0.2, -0.15) is 0 Å². The van der Waals surface area contributed by atoms with Crippen LogP contribution in [0.1, 0.15) is 17.0 Å². The third-order valence-electron chi connectivity index (χ3n) is 2.86. The van der Waals surface area contributed by atoms with Crippen LogP contribution in [0.5, 0.6) is 5.75 Å². The Hall–Kier alpha value is -1.91. The molecular weight excluding hydrogens is 252 g/mol. The van der Waals surface area contributed by atoms with Crippen molar-refractivity contribution in [1.82, 2.24) is 4.98 Å². The van der Waals surface area contributed by atoms with Crippen LogP contribution >= 0.6 is 0 Å². The summed E-state index contributed by atoms with van der Waals surface area (Å²) in [6.07, 6.45) is 0.704. The first-order valence-corrected chi connectivity index (χ1v) is 6.70. The second-order valence-corrected chi connectivity index (χ2v) is 4.53. The molecule has 2 N–H and O–H groups in total. The maximum absolute atomic E-state index is 5.63. The summed E-state index contributed by atoms with van der Waals surface area (Å²) in [6.45, 7) is 3.25. The van der Waals surface area contributed by atoms with Crippen LogP contribution in [-0.2, 0) is 17.8 Å². The Bertz CT molecular complexity index is 529. The topological polar surface area (TPSA) is 57.4 Å². The second-order valence-electron chi connectivity index (χ2n) is 4.53. The molecule has 1 aromatic carbocycles. The van der Waals surface area contributed by atoms with E-state index in [1.165, 1.54) is 0 Å². The van der Waals surface area contributed by atoms with E-state index < -0.39 is 0 Å².